The first kappa shape index (κ1) is 15.8. The van der Waals surface area contributed by atoms with Crippen LogP contribution in [0.5, 0.6) is 5.75 Å². The number of carbonyl (C=O) groups excluding carboxylic acids is 1. The van der Waals surface area contributed by atoms with Crippen LogP contribution < -0.4 is 4.74 Å². The van der Waals surface area contributed by atoms with Crippen molar-refractivity contribution in [2.24, 2.45) is 5.41 Å². The van der Waals surface area contributed by atoms with Gasteiger partial charge in [0.2, 0.25) is 5.91 Å². The van der Waals surface area contributed by atoms with Crippen molar-refractivity contribution in [2.45, 2.75) is 26.8 Å². The molecule has 0 radical (unpaired) electrons. The normalized spacial score (nSPS) is 20.4. The minimum Gasteiger partial charge on any atom is -0.496 e. The molecular formula is C17H26N2O2. The smallest absolute Gasteiger partial charge is 0.228 e. The van der Waals surface area contributed by atoms with Crippen LogP contribution in [0.15, 0.2) is 24.3 Å². The summed E-state index contributed by atoms with van der Waals surface area (Å²) in [6, 6.07) is 8.25. The molecule has 1 aliphatic rings. The second-order valence-corrected chi connectivity index (χ2v) is 6.74. The molecule has 1 aromatic carbocycles. The van der Waals surface area contributed by atoms with Gasteiger partial charge in [0.15, 0.2) is 0 Å². The molecule has 4 heteroatoms. The zero-order valence-corrected chi connectivity index (χ0v) is 13.7. The third kappa shape index (κ3) is 3.38. The fourth-order valence-electron chi connectivity index (χ4n) is 2.81. The number of likely N-dealkylation sites (N-methyl/N-ethyl adjacent to an activating group) is 1. The second kappa shape index (κ2) is 6.06. The molecule has 116 valence electrons. The zero-order chi connectivity index (χ0) is 15.6. The third-order valence-corrected chi connectivity index (χ3v) is 4.07. The van der Waals surface area contributed by atoms with E-state index >= 15 is 0 Å². The molecule has 1 amide bonds. The number of nitrogens with zero attached hydrogens (tertiary/aromatic N) is 2. The topological polar surface area (TPSA) is 32.8 Å². The van der Waals surface area contributed by atoms with Gasteiger partial charge in [0, 0.05) is 30.6 Å². The first-order valence-corrected chi connectivity index (χ1v) is 7.47. The molecule has 1 fully saturated rings. The van der Waals surface area contributed by atoms with Crippen molar-refractivity contribution in [2.75, 3.05) is 33.8 Å². The molecule has 0 aromatic heterocycles. The monoisotopic (exact) mass is 290 g/mol. The van der Waals surface area contributed by atoms with Gasteiger partial charge in [-0.1, -0.05) is 39.0 Å². The molecule has 0 spiro atoms. The fourth-order valence-corrected chi connectivity index (χ4v) is 2.81. The number of para-hydroxylation sites is 1. The van der Waals surface area contributed by atoms with Gasteiger partial charge in [0.1, 0.15) is 5.75 Å². The highest BCUT2D eigenvalue weighted by Gasteiger charge is 2.34. The van der Waals surface area contributed by atoms with Crippen LogP contribution in [0.4, 0.5) is 0 Å². The van der Waals surface area contributed by atoms with Gasteiger partial charge in [-0.05, 0) is 13.1 Å². The highest BCUT2D eigenvalue weighted by Crippen LogP contribution is 2.32. The molecule has 1 aromatic rings. The Morgan fingerprint density at radius 2 is 1.90 bits per heavy atom. The van der Waals surface area contributed by atoms with Crippen LogP contribution in [0.2, 0.25) is 0 Å². The van der Waals surface area contributed by atoms with E-state index in [0.29, 0.717) is 6.54 Å². The SMILES string of the molecule is COc1ccccc1C1CN(C(=O)C(C)(C)C)CCN1C. The number of amides is 1. The quantitative estimate of drug-likeness (QED) is 0.839. The van der Waals surface area contributed by atoms with Gasteiger partial charge < -0.3 is 9.64 Å². The Morgan fingerprint density at radius 1 is 1.24 bits per heavy atom. The molecule has 1 heterocycles. The molecule has 21 heavy (non-hydrogen) atoms. The third-order valence-electron chi connectivity index (χ3n) is 4.07. The van der Waals surface area contributed by atoms with E-state index in [1.54, 1.807) is 7.11 Å². The van der Waals surface area contributed by atoms with E-state index in [1.807, 2.05) is 43.9 Å². The summed E-state index contributed by atoms with van der Waals surface area (Å²) >= 11 is 0. The first-order valence-electron chi connectivity index (χ1n) is 7.47. The number of rotatable bonds is 2. The number of methoxy groups -OCH3 is 1. The second-order valence-electron chi connectivity index (χ2n) is 6.74. The van der Waals surface area contributed by atoms with Crippen LogP contribution in [0.25, 0.3) is 0 Å². The van der Waals surface area contributed by atoms with Gasteiger partial charge in [-0.3, -0.25) is 9.69 Å². The lowest BCUT2D eigenvalue weighted by Crippen LogP contribution is -2.51. The molecule has 2 rings (SSSR count). The van der Waals surface area contributed by atoms with E-state index in [4.69, 9.17) is 4.74 Å². The first-order chi connectivity index (χ1) is 9.84. The van der Waals surface area contributed by atoms with Crippen molar-refractivity contribution in [1.82, 2.24) is 9.80 Å². The van der Waals surface area contributed by atoms with E-state index in [-0.39, 0.29) is 17.4 Å². The Balaban J connectivity index is 2.24. The summed E-state index contributed by atoms with van der Waals surface area (Å²) in [5.74, 6) is 1.11. The summed E-state index contributed by atoms with van der Waals surface area (Å²) in [6.07, 6.45) is 0. The van der Waals surface area contributed by atoms with Crippen LogP contribution in [-0.4, -0.2) is 49.5 Å². The van der Waals surface area contributed by atoms with Crippen molar-refractivity contribution >= 4 is 5.91 Å². The van der Waals surface area contributed by atoms with Crippen molar-refractivity contribution in [3.63, 3.8) is 0 Å². The van der Waals surface area contributed by atoms with Gasteiger partial charge >= 0.3 is 0 Å². The summed E-state index contributed by atoms with van der Waals surface area (Å²) in [5.41, 5.74) is 0.815. The Labute approximate surface area is 127 Å². The number of ether oxygens (including phenoxy) is 1. The lowest BCUT2D eigenvalue weighted by atomic mass is 9.93. The van der Waals surface area contributed by atoms with Gasteiger partial charge in [0.05, 0.1) is 13.2 Å². The number of hydrogen-bond acceptors (Lipinski definition) is 3. The predicted molar refractivity (Wildman–Crippen MR) is 84.4 cm³/mol. The van der Waals surface area contributed by atoms with Gasteiger partial charge in [-0.15, -0.1) is 0 Å². The molecule has 0 aliphatic carbocycles. The van der Waals surface area contributed by atoms with Crippen molar-refractivity contribution in [1.29, 1.82) is 0 Å². The standard InChI is InChI=1S/C17H26N2O2/c1-17(2,3)16(20)19-11-10-18(4)14(12-19)13-8-6-7-9-15(13)21-5/h6-9,14H,10-12H2,1-5H3. The Kier molecular flexibility index (Phi) is 4.57. The maximum atomic E-state index is 12.5. The van der Waals surface area contributed by atoms with E-state index in [9.17, 15) is 4.79 Å². The molecular weight excluding hydrogens is 264 g/mol. The minimum absolute atomic E-state index is 0.182. The summed E-state index contributed by atoms with van der Waals surface area (Å²) in [5, 5.41) is 0. The molecule has 1 atom stereocenters. The van der Waals surface area contributed by atoms with Crippen LogP contribution in [0.1, 0.15) is 32.4 Å². The largest absolute Gasteiger partial charge is 0.496 e. The number of benzene rings is 1. The van der Waals surface area contributed by atoms with Gasteiger partial charge in [-0.25, -0.2) is 0 Å². The van der Waals surface area contributed by atoms with Gasteiger partial charge in [0.25, 0.3) is 0 Å². The number of carbonyl (C=O) groups is 1. The molecule has 0 bridgehead atoms. The Morgan fingerprint density at radius 3 is 2.52 bits per heavy atom. The zero-order valence-electron chi connectivity index (χ0n) is 13.7. The van der Waals surface area contributed by atoms with E-state index in [2.05, 4.69) is 18.0 Å². The lowest BCUT2D eigenvalue weighted by Gasteiger charge is -2.42. The molecule has 1 unspecified atom stereocenters. The van der Waals surface area contributed by atoms with Gasteiger partial charge in [-0.2, -0.15) is 0 Å². The molecule has 0 saturated carbocycles. The summed E-state index contributed by atoms with van der Waals surface area (Å²) in [4.78, 5) is 16.8. The highest BCUT2D eigenvalue weighted by molar-refractivity contribution is 5.81. The Bertz CT molecular complexity index is 508. The molecule has 0 N–H and O–H groups in total. The van der Waals surface area contributed by atoms with E-state index in [1.165, 1.54) is 0 Å². The molecule has 1 aliphatic heterocycles. The summed E-state index contributed by atoms with van der Waals surface area (Å²) in [6.45, 7) is 8.32. The average Bonchev–Trinajstić information content (AvgIpc) is 2.46. The van der Waals surface area contributed by atoms with Crippen LogP contribution in [0.3, 0.4) is 0 Å². The maximum Gasteiger partial charge on any atom is 0.228 e. The summed E-state index contributed by atoms with van der Waals surface area (Å²) < 4.78 is 5.48. The van der Waals surface area contributed by atoms with Crippen molar-refractivity contribution in [3.8, 4) is 5.75 Å². The van der Waals surface area contributed by atoms with Crippen molar-refractivity contribution < 1.29 is 9.53 Å². The lowest BCUT2D eigenvalue weighted by molar-refractivity contribution is -0.142. The van der Waals surface area contributed by atoms with E-state index in [0.717, 1.165) is 24.4 Å². The predicted octanol–water partition coefficient (Wildman–Crippen LogP) is 2.56. The Hall–Kier alpha value is -1.55. The molecule has 4 nitrogen and oxygen atoms in total. The highest BCUT2D eigenvalue weighted by atomic mass is 16.5. The average molecular weight is 290 g/mol. The van der Waals surface area contributed by atoms with Crippen LogP contribution in [-0.2, 0) is 4.79 Å². The van der Waals surface area contributed by atoms with Crippen LogP contribution >= 0.6 is 0 Å². The number of hydrogen-bond donors (Lipinski definition) is 0. The van der Waals surface area contributed by atoms with Crippen LogP contribution in [0, 0.1) is 5.41 Å². The maximum absolute atomic E-state index is 12.5. The number of piperazine rings is 1. The molecule has 1 saturated heterocycles. The fraction of sp³-hybridized carbons (Fsp3) is 0.588. The van der Waals surface area contributed by atoms with E-state index < -0.39 is 0 Å². The summed E-state index contributed by atoms with van der Waals surface area (Å²) in [7, 11) is 3.80. The van der Waals surface area contributed by atoms with Crippen molar-refractivity contribution in [3.05, 3.63) is 29.8 Å². The minimum atomic E-state index is -0.332.